The SMILES string of the molecule is CCC(C)OC(=O)N(C)c1c(C)n(C)n(-c2ccccc2)c1=O. The zero-order valence-electron chi connectivity index (χ0n) is 14.2. The van der Waals surface area contributed by atoms with Crippen LogP contribution in [0.1, 0.15) is 26.0 Å². The Hall–Kier alpha value is -2.50. The molecule has 2 aromatic rings. The lowest BCUT2D eigenvalue weighted by molar-refractivity contribution is 0.112. The fourth-order valence-corrected chi connectivity index (χ4v) is 2.37. The van der Waals surface area contributed by atoms with Crippen LogP contribution in [-0.4, -0.2) is 28.6 Å². The molecule has 0 saturated heterocycles. The summed E-state index contributed by atoms with van der Waals surface area (Å²) in [5, 5.41) is 0. The lowest BCUT2D eigenvalue weighted by Gasteiger charge is -2.18. The van der Waals surface area contributed by atoms with Crippen LogP contribution < -0.4 is 10.5 Å². The van der Waals surface area contributed by atoms with Crippen LogP contribution in [0.25, 0.3) is 5.69 Å². The number of benzene rings is 1. The minimum absolute atomic E-state index is 0.190. The van der Waals surface area contributed by atoms with Crippen molar-refractivity contribution in [2.45, 2.75) is 33.3 Å². The Labute approximate surface area is 135 Å². The summed E-state index contributed by atoms with van der Waals surface area (Å²) < 4.78 is 8.59. The van der Waals surface area contributed by atoms with E-state index in [0.29, 0.717) is 11.4 Å². The summed E-state index contributed by atoms with van der Waals surface area (Å²) in [5.74, 6) is 0. The number of carbonyl (C=O) groups excluding carboxylic acids is 1. The molecule has 2 rings (SSSR count). The van der Waals surface area contributed by atoms with Crippen LogP contribution in [0, 0.1) is 6.92 Å². The molecule has 0 aliphatic heterocycles. The minimum Gasteiger partial charge on any atom is -0.446 e. The van der Waals surface area contributed by atoms with Crippen molar-refractivity contribution < 1.29 is 9.53 Å². The standard InChI is InChI=1S/C17H23N3O3/c1-6-12(2)23-17(22)18(4)15-13(3)19(5)20(16(15)21)14-10-8-7-9-11-14/h7-12H,6H2,1-5H3. The zero-order chi connectivity index (χ0) is 17.1. The smallest absolute Gasteiger partial charge is 0.414 e. The Morgan fingerprint density at radius 1 is 1.30 bits per heavy atom. The Bertz CT molecular complexity index is 746. The molecule has 0 aliphatic rings. The van der Waals surface area contributed by atoms with E-state index in [1.54, 1.807) is 18.8 Å². The lowest BCUT2D eigenvalue weighted by Crippen LogP contribution is -2.34. The molecule has 23 heavy (non-hydrogen) atoms. The average Bonchev–Trinajstić information content (AvgIpc) is 2.77. The molecule has 1 heterocycles. The first-order valence-electron chi connectivity index (χ1n) is 7.66. The first-order valence-corrected chi connectivity index (χ1v) is 7.66. The largest absolute Gasteiger partial charge is 0.446 e. The van der Waals surface area contributed by atoms with Crippen LogP contribution in [0.4, 0.5) is 10.5 Å². The maximum atomic E-state index is 12.8. The molecule has 1 amide bonds. The summed E-state index contributed by atoms with van der Waals surface area (Å²) in [6.07, 6.45) is 0.0115. The summed E-state index contributed by atoms with van der Waals surface area (Å²) in [6, 6.07) is 9.32. The van der Waals surface area contributed by atoms with E-state index in [1.807, 2.05) is 51.1 Å². The highest BCUT2D eigenvalue weighted by Gasteiger charge is 2.24. The molecule has 1 unspecified atom stereocenters. The van der Waals surface area contributed by atoms with E-state index < -0.39 is 6.09 Å². The molecule has 1 aromatic heterocycles. The predicted octanol–water partition coefficient (Wildman–Crippen LogP) is 2.86. The van der Waals surface area contributed by atoms with Gasteiger partial charge in [0.2, 0.25) is 0 Å². The number of anilines is 1. The number of para-hydroxylation sites is 1. The highest BCUT2D eigenvalue weighted by Crippen LogP contribution is 2.18. The van der Waals surface area contributed by atoms with Gasteiger partial charge in [0.05, 0.1) is 11.4 Å². The summed E-state index contributed by atoms with van der Waals surface area (Å²) in [5.41, 5.74) is 1.52. The normalized spacial score (nSPS) is 12.0. The molecule has 6 heteroatoms. The molecule has 0 N–H and O–H groups in total. The second kappa shape index (κ2) is 6.73. The van der Waals surface area contributed by atoms with E-state index in [-0.39, 0.29) is 11.7 Å². The second-order valence-electron chi connectivity index (χ2n) is 5.57. The summed E-state index contributed by atoms with van der Waals surface area (Å²) in [7, 11) is 3.35. The van der Waals surface area contributed by atoms with Crippen molar-refractivity contribution >= 4 is 11.8 Å². The number of nitrogens with zero attached hydrogens (tertiary/aromatic N) is 3. The van der Waals surface area contributed by atoms with Gasteiger partial charge in [0.1, 0.15) is 11.8 Å². The maximum Gasteiger partial charge on any atom is 0.414 e. The summed E-state index contributed by atoms with van der Waals surface area (Å²) in [4.78, 5) is 26.3. The van der Waals surface area contributed by atoms with Crippen molar-refractivity contribution in [2.24, 2.45) is 7.05 Å². The monoisotopic (exact) mass is 317 g/mol. The third kappa shape index (κ3) is 3.16. The van der Waals surface area contributed by atoms with Gasteiger partial charge in [-0.3, -0.25) is 14.4 Å². The van der Waals surface area contributed by atoms with Gasteiger partial charge in [-0.25, -0.2) is 9.48 Å². The van der Waals surface area contributed by atoms with Crippen molar-refractivity contribution in [3.05, 3.63) is 46.4 Å². The number of ether oxygens (including phenoxy) is 1. The molecule has 1 aromatic carbocycles. The van der Waals surface area contributed by atoms with E-state index in [9.17, 15) is 9.59 Å². The van der Waals surface area contributed by atoms with Crippen LogP contribution in [-0.2, 0) is 11.8 Å². The third-order valence-electron chi connectivity index (χ3n) is 4.01. The number of hydrogen-bond acceptors (Lipinski definition) is 3. The number of rotatable bonds is 4. The van der Waals surface area contributed by atoms with E-state index in [0.717, 1.165) is 12.1 Å². The molecule has 0 spiro atoms. The molecular formula is C17H23N3O3. The topological polar surface area (TPSA) is 56.5 Å². The predicted molar refractivity (Wildman–Crippen MR) is 90.4 cm³/mol. The van der Waals surface area contributed by atoms with Gasteiger partial charge in [-0.1, -0.05) is 25.1 Å². The van der Waals surface area contributed by atoms with Gasteiger partial charge in [0.15, 0.2) is 0 Å². The zero-order valence-corrected chi connectivity index (χ0v) is 14.2. The van der Waals surface area contributed by atoms with E-state index in [4.69, 9.17) is 4.74 Å². The number of hydrogen-bond donors (Lipinski definition) is 0. The average molecular weight is 317 g/mol. The quantitative estimate of drug-likeness (QED) is 0.871. The highest BCUT2D eigenvalue weighted by molar-refractivity contribution is 5.87. The van der Waals surface area contributed by atoms with Gasteiger partial charge >= 0.3 is 6.09 Å². The van der Waals surface area contributed by atoms with Crippen LogP contribution in [0.15, 0.2) is 35.1 Å². The van der Waals surface area contributed by atoms with Gasteiger partial charge in [-0.2, -0.15) is 0 Å². The fourth-order valence-electron chi connectivity index (χ4n) is 2.37. The van der Waals surface area contributed by atoms with Crippen molar-refractivity contribution in [1.82, 2.24) is 9.36 Å². The lowest BCUT2D eigenvalue weighted by atomic mass is 10.3. The molecular weight excluding hydrogens is 294 g/mol. The van der Waals surface area contributed by atoms with Crippen LogP contribution in [0.2, 0.25) is 0 Å². The van der Waals surface area contributed by atoms with E-state index in [2.05, 4.69) is 0 Å². The molecule has 0 saturated carbocycles. The number of aromatic nitrogens is 2. The molecule has 124 valence electrons. The summed E-state index contributed by atoms with van der Waals surface area (Å²) >= 11 is 0. The van der Waals surface area contributed by atoms with Gasteiger partial charge in [-0.05, 0) is 32.4 Å². The molecule has 0 fully saturated rings. The molecule has 6 nitrogen and oxygen atoms in total. The van der Waals surface area contributed by atoms with Crippen LogP contribution in [0.3, 0.4) is 0 Å². The molecule has 0 bridgehead atoms. The van der Waals surface area contributed by atoms with Crippen LogP contribution in [0.5, 0.6) is 0 Å². The van der Waals surface area contributed by atoms with Crippen LogP contribution >= 0.6 is 0 Å². The van der Waals surface area contributed by atoms with Gasteiger partial charge < -0.3 is 4.74 Å². The molecule has 1 atom stereocenters. The fraction of sp³-hybridized carbons (Fsp3) is 0.412. The molecule has 0 radical (unpaired) electrons. The Morgan fingerprint density at radius 2 is 1.91 bits per heavy atom. The van der Waals surface area contributed by atoms with Gasteiger partial charge in [0, 0.05) is 14.1 Å². The Kier molecular flexibility index (Phi) is 4.93. The highest BCUT2D eigenvalue weighted by atomic mass is 16.6. The third-order valence-corrected chi connectivity index (χ3v) is 4.01. The van der Waals surface area contributed by atoms with Crippen molar-refractivity contribution in [3.63, 3.8) is 0 Å². The van der Waals surface area contributed by atoms with Crippen molar-refractivity contribution in [2.75, 3.05) is 11.9 Å². The molecule has 0 aliphatic carbocycles. The second-order valence-corrected chi connectivity index (χ2v) is 5.57. The van der Waals surface area contributed by atoms with E-state index >= 15 is 0 Å². The Morgan fingerprint density at radius 3 is 2.48 bits per heavy atom. The minimum atomic E-state index is -0.523. The van der Waals surface area contributed by atoms with Crippen molar-refractivity contribution in [1.29, 1.82) is 0 Å². The summed E-state index contributed by atoms with van der Waals surface area (Å²) in [6.45, 7) is 5.57. The van der Waals surface area contributed by atoms with E-state index in [1.165, 1.54) is 9.58 Å². The number of carbonyl (C=O) groups is 1. The Balaban J connectivity index is 2.45. The van der Waals surface area contributed by atoms with Gasteiger partial charge in [-0.15, -0.1) is 0 Å². The number of amides is 1. The maximum absolute atomic E-state index is 12.8. The van der Waals surface area contributed by atoms with Gasteiger partial charge in [0.25, 0.3) is 5.56 Å². The van der Waals surface area contributed by atoms with Crippen molar-refractivity contribution in [3.8, 4) is 5.69 Å². The first-order chi connectivity index (χ1) is 10.9. The first kappa shape index (κ1) is 16.9.